The molecule has 8 rings (SSSR count). The molecule has 1 amide bonds. The number of amides is 1. The summed E-state index contributed by atoms with van der Waals surface area (Å²) in [5, 5.41) is 18.3. The van der Waals surface area contributed by atoms with Crippen LogP contribution in [0.2, 0.25) is 0 Å². The Balaban J connectivity index is 0.000000181. The number of pyridine rings is 2. The number of rotatable bonds is 6. The van der Waals surface area contributed by atoms with Crippen molar-refractivity contribution in [1.29, 1.82) is 0 Å². The molecule has 0 spiro atoms. The van der Waals surface area contributed by atoms with E-state index in [0.29, 0.717) is 18.5 Å². The third-order valence-electron chi connectivity index (χ3n) is 10.2. The fourth-order valence-electron chi connectivity index (χ4n) is 8.13. The summed E-state index contributed by atoms with van der Waals surface area (Å²) < 4.78 is 5.65. The number of hydrogen-bond donors (Lipinski definition) is 3. The van der Waals surface area contributed by atoms with Gasteiger partial charge in [0.2, 0.25) is 0 Å². The highest BCUT2D eigenvalue weighted by molar-refractivity contribution is 5.85. The van der Waals surface area contributed by atoms with E-state index in [4.69, 9.17) is 14.7 Å². The van der Waals surface area contributed by atoms with E-state index < -0.39 is 5.60 Å². The van der Waals surface area contributed by atoms with E-state index in [1.807, 2.05) is 39.5 Å². The van der Waals surface area contributed by atoms with Gasteiger partial charge in [-0.1, -0.05) is 0 Å². The van der Waals surface area contributed by atoms with Crippen LogP contribution in [0.5, 0.6) is 0 Å². The molecule has 4 unspecified atom stereocenters. The number of hydrogen-bond acceptors (Lipinski definition) is 9. The summed E-state index contributed by atoms with van der Waals surface area (Å²) in [7, 11) is 0. The summed E-state index contributed by atoms with van der Waals surface area (Å²) in [4.78, 5) is 29.3. The molecule has 0 saturated carbocycles. The van der Waals surface area contributed by atoms with E-state index in [-0.39, 0.29) is 30.6 Å². The molecule has 4 aliphatic heterocycles. The van der Waals surface area contributed by atoms with Crippen LogP contribution in [0.4, 0.5) is 16.4 Å². The second-order valence-corrected chi connectivity index (χ2v) is 16.1. The Kier molecular flexibility index (Phi) is 11.2. The predicted molar refractivity (Wildman–Crippen MR) is 207 cm³/mol. The molecule has 4 saturated heterocycles. The highest BCUT2D eigenvalue weighted by Crippen LogP contribution is 2.34. The van der Waals surface area contributed by atoms with Crippen LogP contribution in [-0.2, 0) is 17.6 Å². The van der Waals surface area contributed by atoms with Gasteiger partial charge in [-0.25, -0.2) is 14.8 Å². The number of aryl methyl sites for hydroxylation is 4. The Hall–Kier alpha value is -4.16. The van der Waals surface area contributed by atoms with Crippen molar-refractivity contribution in [3.05, 3.63) is 81.7 Å². The van der Waals surface area contributed by atoms with Crippen molar-refractivity contribution >= 4 is 30.1 Å². The smallest absolute Gasteiger partial charge is 0.410 e. The fraction of sp³-hybridized carbons (Fsp3) is 0.564. The first kappa shape index (κ1) is 37.6. The minimum absolute atomic E-state index is 0. The predicted octanol–water partition coefficient (Wildman–Crippen LogP) is 5.98. The van der Waals surface area contributed by atoms with Gasteiger partial charge in [0.25, 0.3) is 0 Å². The zero-order valence-electron chi connectivity index (χ0n) is 31.7. The minimum atomic E-state index is -0.467. The molecule has 3 N–H and O–H groups in total. The number of H-pyrrole nitrogens is 2. The summed E-state index contributed by atoms with van der Waals surface area (Å²) in [6, 6.07) is 14.4. The minimum Gasteiger partial charge on any atom is -0.444 e. The maximum atomic E-state index is 12.7. The highest BCUT2D eigenvalue weighted by Gasteiger charge is 2.44. The van der Waals surface area contributed by atoms with Crippen LogP contribution in [0.3, 0.4) is 0 Å². The van der Waals surface area contributed by atoms with Crippen LogP contribution in [0.15, 0.2) is 36.4 Å². The molecule has 0 aliphatic carbocycles. The van der Waals surface area contributed by atoms with Gasteiger partial charge in [0, 0.05) is 73.9 Å². The van der Waals surface area contributed by atoms with Crippen LogP contribution < -0.4 is 15.1 Å². The first-order chi connectivity index (χ1) is 24.3. The number of aromatic nitrogens is 6. The molecule has 4 aromatic rings. The summed E-state index contributed by atoms with van der Waals surface area (Å²) in [6.07, 6.45) is 5.95. The SMILES string of the molecule is Cc1cc(Cc2cc(C)[nH]n2)nc(N2CC3CCC(C2)N3)c1.Cc1cc(Cc2cc(C)[nH]n2)nc(N2CC3CCC(C2)N3C(=O)OC(C)(C)C)c1.Cl. The van der Waals surface area contributed by atoms with Crippen LogP contribution in [0, 0.1) is 27.7 Å². The zero-order chi connectivity index (χ0) is 35.9. The Morgan fingerprint density at radius 2 is 1.15 bits per heavy atom. The average Bonchev–Trinajstić information content (AvgIpc) is 3.81. The van der Waals surface area contributed by atoms with Gasteiger partial charge in [-0.3, -0.25) is 15.1 Å². The molecule has 0 aromatic carbocycles. The average molecular weight is 731 g/mol. The van der Waals surface area contributed by atoms with Crippen molar-refractivity contribution in [2.24, 2.45) is 0 Å². The molecule has 12 nitrogen and oxygen atoms in total. The van der Waals surface area contributed by atoms with E-state index in [1.54, 1.807) is 0 Å². The van der Waals surface area contributed by atoms with Crippen molar-refractivity contribution < 1.29 is 9.53 Å². The third kappa shape index (κ3) is 9.06. The highest BCUT2D eigenvalue weighted by atomic mass is 35.5. The molecule has 0 radical (unpaired) electrons. The second kappa shape index (κ2) is 15.4. The van der Waals surface area contributed by atoms with Crippen molar-refractivity contribution in [3.8, 4) is 0 Å². The van der Waals surface area contributed by atoms with Crippen molar-refractivity contribution in [1.82, 2.24) is 40.6 Å². The van der Waals surface area contributed by atoms with Crippen LogP contribution in [0.1, 0.15) is 91.7 Å². The topological polar surface area (TPSA) is 131 Å². The molecule has 280 valence electrons. The van der Waals surface area contributed by atoms with Crippen LogP contribution in [-0.4, -0.2) is 97.3 Å². The largest absolute Gasteiger partial charge is 0.444 e. The van der Waals surface area contributed by atoms with Gasteiger partial charge < -0.3 is 19.9 Å². The monoisotopic (exact) mass is 730 g/mol. The summed E-state index contributed by atoms with van der Waals surface area (Å²) in [5.74, 6) is 2.12. The number of carbonyl (C=O) groups excluding carboxylic acids is 1. The Morgan fingerprint density at radius 1 is 0.692 bits per heavy atom. The molecule has 4 bridgehead atoms. The number of ether oxygens (including phenoxy) is 1. The van der Waals surface area contributed by atoms with Crippen LogP contribution >= 0.6 is 12.4 Å². The zero-order valence-corrected chi connectivity index (χ0v) is 32.5. The van der Waals surface area contributed by atoms with E-state index >= 15 is 0 Å². The van der Waals surface area contributed by atoms with Crippen molar-refractivity contribution in [3.63, 3.8) is 0 Å². The maximum absolute atomic E-state index is 12.7. The number of aromatic amines is 2. The summed E-state index contributed by atoms with van der Waals surface area (Å²) in [5.41, 5.74) is 8.34. The first-order valence-electron chi connectivity index (χ1n) is 18.6. The number of anilines is 2. The van der Waals surface area contributed by atoms with Gasteiger partial charge in [0.1, 0.15) is 17.2 Å². The number of halogens is 1. The van der Waals surface area contributed by atoms with E-state index in [9.17, 15) is 4.79 Å². The van der Waals surface area contributed by atoms with Crippen molar-refractivity contribution in [2.45, 2.75) is 117 Å². The van der Waals surface area contributed by atoms with Gasteiger partial charge in [-0.05, 0) is 122 Å². The van der Waals surface area contributed by atoms with Gasteiger partial charge in [-0.15, -0.1) is 12.4 Å². The van der Waals surface area contributed by atoms with Gasteiger partial charge >= 0.3 is 6.09 Å². The molecule has 13 heteroatoms. The standard InChI is InChI=1S/C22H31N5O2.C17H23N5.ClH/c1-14-8-16(11-17-10-15(2)24-25-17)23-20(9-14)26-12-18-6-7-19(13-26)27(18)21(28)29-22(3,4)5;1-11-5-15(8-16-7-12(2)20-21-16)19-17(6-11)22-9-13-3-4-14(10-22)18-13;/h8-10,18-19H,6-7,11-13H2,1-5H3,(H,24,25);5-7,13-14,18H,3-4,8-10H2,1-2H3,(H,20,21);1H. The van der Waals surface area contributed by atoms with Gasteiger partial charge in [-0.2, -0.15) is 10.2 Å². The van der Waals surface area contributed by atoms with Crippen LogP contribution in [0.25, 0.3) is 0 Å². The molecular formula is C39H55ClN10O2. The van der Waals surface area contributed by atoms with E-state index in [2.05, 4.69) is 85.8 Å². The number of fused-ring (bicyclic) bond motifs is 4. The summed E-state index contributed by atoms with van der Waals surface area (Å²) in [6.45, 7) is 17.8. The lowest BCUT2D eigenvalue weighted by Gasteiger charge is -2.42. The van der Waals surface area contributed by atoms with Gasteiger partial charge in [0.05, 0.1) is 23.5 Å². The lowest BCUT2D eigenvalue weighted by Crippen LogP contribution is -2.57. The number of carbonyl (C=O) groups is 1. The Labute approximate surface area is 313 Å². The summed E-state index contributed by atoms with van der Waals surface area (Å²) >= 11 is 0. The molecule has 52 heavy (non-hydrogen) atoms. The lowest BCUT2D eigenvalue weighted by atomic mass is 10.1. The van der Waals surface area contributed by atoms with Crippen molar-refractivity contribution in [2.75, 3.05) is 36.0 Å². The quantitative estimate of drug-likeness (QED) is 0.220. The molecule has 8 heterocycles. The molecule has 4 aromatic heterocycles. The Bertz CT molecular complexity index is 1820. The number of piperazine rings is 2. The van der Waals surface area contributed by atoms with E-state index in [0.717, 1.165) is 91.2 Å². The number of nitrogens with one attached hydrogen (secondary N) is 3. The molecule has 4 atom stereocenters. The Morgan fingerprint density at radius 3 is 1.58 bits per heavy atom. The third-order valence-corrected chi connectivity index (χ3v) is 10.2. The van der Waals surface area contributed by atoms with E-state index in [1.165, 1.54) is 24.0 Å². The molecule has 4 fully saturated rings. The first-order valence-corrected chi connectivity index (χ1v) is 18.6. The number of nitrogens with zero attached hydrogens (tertiary/aromatic N) is 7. The fourth-order valence-corrected chi connectivity index (χ4v) is 8.13. The molecule has 4 aliphatic rings. The molecular weight excluding hydrogens is 676 g/mol. The van der Waals surface area contributed by atoms with Gasteiger partial charge in [0.15, 0.2) is 0 Å². The maximum Gasteiger partial charge on any atom is 0.410 e. The second-order valence-electron chi connectivity index (χ2n) is 16.1. The lowest BCUT2D eigenvalue weighted by molar-refractivity contribution is 0.0122. The normalized spacial score (nSPS) is 22.2.